The molecular weight excluding hydrogens is 480 g/mol. The molecule has 0 aliphatic rings. The molecule has 154 valence electrons. The van der Waals surface area contributed by atoms with Crippen LogP contribution in [0, 0.1) is 0 Å². The summed E-state index contributed by atoms with van der Waals surface area (Å²) in [6.45, 7) is 0.283. The Bertz CT molecular complexity index is 907. The Hall–Kier alpha value is -1.77. The Morgan fingerprint density at radius 1 is 0.931 bits per heavy atom. The van der Waals surface area contributed by atoms with Crippen LogP contribution < -0.4 is 20.9 Å². The second kappa shape index (κ2) is 11.4. The van der Waals surface area contributed by atoms with Gasteiger partial charge in [0, 0.05) is 27.1 Å². The lowest BCUT2D eigenvalue weighted by molar-refractivity contribution is -0.121. The molecule has 0 spiro atoms. The number of rotatable bonds is 6. The Kier molecular flexibility index (Phi) is 9.26. The molecule has 0 atom stereocenters. The number of benzene rings is 2. The number of carbonyl (C=O) groups excluding carboxylic acids is 2. The van der Waals surface area contributed by atoms with E-state index in [1.165, 1.54) is 18.2 Å². The zero-order valence-corrected chi connectivity index (χ0v) is 18.6. The van der Waals surface area contributed by atoms with Crippen molar-refractivity contribution in [2.24, 2.45) is 0 Å². The zero-order valence-electron chi connectivity index (χ0n) is 14.7. The number of hydrogen-bond donors (Lipinski definition) is 3. The second-order valence-corrected chi connectivity index (χ2v) is 7.77. The molecule has 0 unspecified atom stereocenters. The van der Waals surface area contributed by atoms with Gasteiger partial charge in [0.1, 0.15) is 5.75 Å². The lowest BCUT2D eigenvalue weighted by atomic mass is 10.2. The predicted molar refractivity (Wildman–Crippen MR) is 119 cm³/mol. The third kappa shape index (κ3) is 8.24. The van der Waals surface area contributed by atoms with Gasteiger partial charge in [-0.25, -0.2) is 0 Å². The smallest absolute Gasteiger partial charge is 0.257 e. The summed E-state index contributed by atoms with van der Waals surface area (Å²) in [4.78, 5) is 23.9. The molecule has 0 aliphatic heterocycles. The number of nitrogens with one attached hydrogen (secondary N) is 3. The van der Waals surface area contributed by atoms with E-state index >= 15 is 0 Å². The van der Waals surface area contributed by atoms with E-state index in [2.05, 4.69) is 16.2 Å². The molecule has 2 aromatic carbocycles. The average molecular weight is 495 g/mol. The summed E-state index contributed by atoms with van der Waals surface area (Å²) in [7, 11) is 0. The van der Waals surface area contributed by atoms with Crippen LogP contribution in [0.2, 0.25) is 20.1 Å². The SMILES string of the molecule is O=C(CCCOc1ccc(Cl)cc1Cl)NNC(=S)NC(=O)c1cc(Cl)cc(Cl)c1. The summed E-state index contributed by atoms with van der Waals surface area (Å²) >= 11 is 28.5. The number of halogens is 4. The summed E-state index contributed by atoms with van der Waals surface area (Å²) in [6.07, 6.45) is 0.602. The van der Waals surface area contributed by atoms with Crippen LogP contribution >= 0.6 is 58.6 Å². The van der Waals surface area contributed by atoms with Crippen LogP contribution in [-0.2, 0) is 4.79 Å². The molecular formula is C18H15Cl4N3O3S. The van der Waals surface area contributed by atoms with Gasteiger partial charge in [0.05, 0.1) is 11.6 Å². The molecule has 29 heavy (non-hydrogen) atoms. The average Bonchev–Trinajstić information content (AvgIpc) is 2.64. The van der Waals surface area contributed by atoms with Crippen molar-refractivity contribution in [1.29, 1.82) is 0 Å². The van der Waals surface area contributed by atoms with Gasteiger partial charge in [-0.05, 0) is 55.0 Å². The molecule has 0 bridgehead atoms. The highest BCUT2D eigenvalue weighted by Gasteiger charge is 2.10. The summed E-state index contributed by atoms with van der Waals surface area (Å²) in [6, 6.07) is 9.27. The van der Waals surface area contributed by atoms with Crippen molar-refractivity contribution in [2.75, 3.05) is 6.61 Å². The Morgan fingerprint density at radius 3 is 2.28 bits per heavy atom. The fourth-order valence-corrected chi connectivity index (χ4v) is 3.22. The highest BCUT2D eigenvalue weighted by molar-refractivity contribution is 7.80. The number of hydrazine groups is 1. The van der Waals surface area contributed by atoms with Crippen molar-refractivity contribution in [1.82, 2.24) is 16.2 Å². The molecule has 2 aromatic rings. The molecule has 0 saturated carbocycles. The number of thiocarbonyl (C=S) groups is 1. The van der Waals surface area contributed by atoms with Crippen molar-refractivity contribution < 1.29 is 14.3 Å². The van der Waals surface area contributed by atoms with E-state index in [9.17, 15) is 9.59 Å². The highest BCUT2D eigenvalue weighted by Crippen LogP contribution is 2.27. The van der Waals surface area contributed by atoms with Gasteiger partial charge in [0.2, 0.25) is 5.91 Å². The quantitative estimate of drug-likeness (QED) is 0.305. The lowest BCUT2D eigenvalue weighted by Crippen LogP contribution is -2.48. The minimum absolute atomic E-state index is 0.0800. The number of hydrogen-bond acceptors (Lipinski definition) is 4. The van der Waals surface area contributed by atoms with E-state index in [-0.39, 0.29) is 29.6 Å². The van der Waals surface area contributed by atoms with Crippen molar-refractivity contribution in [2.45, 2.75) is 12.8 Å². The molecule has 0 aliphatic carbocycles. The number of amides is 2. The monoisotopic (exact) mass is 493 g/mol. The molecule has 0 fully saturated rings. The first-order valence-corrected chi connectivity index (χ1v) is 10.1. The lowest BCUT2D eigenvalue weighted by Gasteiger charge is -2.11. The molecule has 0 radical (unpaired) electrons. The van der Waals surface area contributed by atoms with Crippen LogP contribution in [0.3, 0.4) is 0 Å². The first-order valence-electron chi connectivity index (χ1n) is 8.18. The maximum Gasteiger partial charge on any atom is 0.257 e. The van der Waals surface area contributed by atoms with Gasteiger partial charge >= 0.3 is 0 Å². The number of ether oxygens (including phenoxy) is 1. The first kappa shape index (κ1) is 23.5. The molecule has 0 saturated heterocycles. The van der Waals surface area contributed by atoms with Crippen molar-refractivity contribution in [3.63, 3.8) is 0 Å². The third-order valence-electron chi connectivity index (χ3n) is 3.37. The normalized spacial score (nSPS) is 10.2. The minimum atomic E-state index is -0.519. The van der Waals surface area contributed by atoms with Gasteiger partial charge in [-0.3, -0.25) is 25.8 Å². The standard InChI is InChI=1S/C18H15Cl4N3O3S/c19-11-3-4-15(14(22)9-11)28-5-1-2-16(26)24-25-18(29)23-17(27)10-6-12(20)8-13(21)7-10/h3-4,6-9H,1-2,5H2,(H,24,26)(H2,23,25,27,29). The summed E-state index contributed by atoms with van der Waals surface area (Å²) in [5.74, 6) is -0.368. The van der Waals surface area contributed by atoms with Crippen LogP contribution in [0.5, 0.6) is 5.75 Å². The van der Waals surface area contributed by atoms with Gasteiger partial charge in [0.25, 0.3) is 5.91 Å². The van der Waals surface area contributed by atoms with Gasteiger partial charge in [0.15, 0.2) is 5.11 Å². The molecule has 11 heteroatoms. The van der Waals surface area contributed by atoms with Gasteiger partial charge in [-0.15, -0.1) is 0 Å². The summed E-state index contributed by atoms with van der Waals surface area (Å²) < 4.78 is 5.49. The molecule has 0 aromatic heterocycles. The highest BCUT2D eigenvalue weighted by atomic mass is 35.5. The molecule has 6 nitrogen and oxygen atoms in total. The van der Waals surface area contributed by atoms with Gasteiger partial charge in [-0.2, -0.15) is 0 Å². The molecule has 0 heterocycles. The largest absolute Gasteiger partial charge is 0.492 e. The molecule has 2 rings (SSSR count). The van der Waals surface area contributed by atoms with Gasteiger partial charge in [-0.1, -0.05) is 46.4 Å². The van der Waals surface area contributed by atoms with Crippen molar-refractivity contribution >= 4 is 75.5 Å². The van der Waals surface area contributed by atoms with Crippen molar-refractivity contribution in [3.05, 3.63) is 62.1 Å². The van der Waals surface area contributed by atoms with E-state index < -0.39 is 5.91 Å². The Balaban J connectivity index is 1.67. The van der Waals surface area contributed by atoms with E-state index in [0.717, 1.165) is 0 Å². The van der Waals surface area contributed by atoms with E-state index in [1.54, 1.807) is 18.2 Å². The second-order valence-electron chi connectivity index (χ2n) is 5.64. The Morgan fingerprint density at radius 2 is 1.62 bits per heavy atom. The van der Waals surface area contributed by atoms with E-state index in [0.29, 0.717) is 32.3 Å². The van der Waals surface area contributed by atoms with Crippen LogP contribution in [0.25, 0.3) is 0 Å². The molecule has 3 N–H and O–H groups in total. The fourth-order valence-electron chi connectivity index (χ4n) is 2.09. The van der Waals surface area contributed by atoms with E-state index in [1.807, 2.05) is 0 Å². The maximum atomic E-state index is 12.1. The fraction of sp³-hybridized carbons (Fsp3) is 0.167. The summed E-state index contributed by atoms with van der Waals surface area (Å²) in [5, 5.41) is 3.86. The topological polar surface area (TPSA) is 79.5 Å². The van der Waals surface area contributed by atoms with Crippen LogP contribution in [0.15, 0.2) is 36.4 Å². The zero-order chi connectivity index (χ0) is 21.4. The number of carbonyl (C=O) groups is 2. The van der Waals surface area contributed by atoms with Gasteiger partial charge < -0.3 is 4.74 Å². The van der Waals surface area contributed by atoms with Crippen LogP contribution in [-0.4, -0.2) is 23.5 Å². The first-order chi connectivity index (χ1) is 13.7. The van der Waals surface area contributed by atoms with E-state index in [4.69, 9.17) is 63.4 Å². The third-order valence-corrected chi connectivity index (χ3v) is 4.54. The predicted octanol–water partition coefficient (Wildman–Crippen LogP) is 4.79. The maximum absolute atomic E-state index is 12.1. The summed E-state index contributed by atoms with van der Waals surface area (Å²) in [5.41, 5.74) is 5.06. The van der Waals surface area contributed by atoms with Crippen molar-refractivity contribution in [3.8, 4) is 5.75 Å². The minimum Gasteiger partial charge on any atom is -0.492 e. The van der Waals surface area contributed by atoms with Crippen LogP contribution in [0.4, 0.5) is 0 Å². The van der Waals surface area contributed by atoms with Crippen LogP contribution in [0.1, 0.15) is 23.2 Å². The Labute approximate surface area is 192 Å². The molecule has 2 amide bonds.